The lowest BCUT2D eigenvalue weighted by atomic mass is 10.3. The molecule has 0 spiro atoms. The lowest BCUT2D eigenvalue weighted by Gasteiger charge is -2.09. The minimum Gasteiger partial charge on any atom is -0.359 e. The van der Waals surface area contributed by atoms with E-state index in [0.717, 1.165) is 43.3 Å². The first kappa shape index (κ1) is 14.5. The highest BCUT2D eigenvalue weighted by Gasteiger charge is 2.02. The third-order valence-corrected chi connectivity index (χ3v) is 2.53. The van der Waals surface area contributed by atoms with Gasteiger partial charge in [-0.15, -0.1) is 0 Å². The molecule has 0 aliphatic rings. The maximum Gasteiger partial charge on any atom is 0.191 e. The van der Waals surface area contributed by atoms with Crippen LogP contribution in [0.25, 0.3) is 0 Å². The van der Waals surface area contributed by atoms with Gasteiger partial charge in [0.15, 0.2) is 11.7 Å². The van der Waals surface area contributed by atoms with Gasteiger partial charge in [0.1, 0.15) is 6.54 Å². The average Bonchev–Trinajstić information content (AvgIpc) is 2.84. The Balaban J connectivity index is 2.47. The third kappa shape index (κ3) is 5.21. The van der Waals surface area contributed by atoms with Crippen molar-refractivity contribution in [2.45, 2.75) is 46.6 Å². The van der Waals surface area contributed by atoms with Gasteiger partial charge in [-0.1, -0.05) is 25.4 Å². The van der Waals surface area contributed by atoms with Crippen LogP contribution in [-0.2, 0) is 13.0 Å². The fourth-order valence-corrected chi connectivity index (χ4v) is 1.48. The van der Waals surface area contributed by atoms with Gasteiger partial charge in [-0.05, 0) is 19.8 Å². The molecule has 0 aliphatic carbocycles. The second-order valence-electron chi connectivity index (χ2n) is 4.11. The lowest BCUT2D eigenvalue weighted by molar-refractivity contribution is 0.379. The summed E-state index contributed by atoms with van der Waals surface area (Å²) in [7, 11) is 0. The molecule has 1 rings (SSSR count). The largest absolute Gasteiger partial charge is 0.359 e. The fraction of sp³-hybridized carbons (Fsp3) is 0.692. The number of unbranched alkanes of at least 4 members (excludes halogenated alkanes) is 1. The third-order valence-electron chi connectivity index (χ3n) is 2.53. The highest BCUT2D eigenvalue weighted by Crippen LogP contribution is 2.05. The first-order valence-corrected chi connectivity index (χ1v) is 6.76. The fourth-order valence-electron chi connectivity index (χ4n) is 1.48. The Morgan fingerprint density at radius 2 is 2.17 bits per heavy atom. The summed E-state index contributed by atoms with van der Waals surface area (Å²) in [6, 6.07) is 1.96. The summed E-state index contributed by atoms with van der Waals surface area (Å²) < 4.78 is 5.20. The molecule has 5 heteroatoms. The summed E-state index contributed by atoms with van der Waals surface area (Å²) in [5, 5.41) is 10.4. The van der Waals surface area contributed by atoms with Crippen LogP contribution < -0.4 is 10.6 Å². The topological polar surface area (TPSA) is 62.5 Å². The predicted molar refractivity (Wildman–Crippen MR) is 73.6 cm³/mol. The normalized spacial score (nSPS) is 11.6. The minimum absolute atomic E-state index is 0.522. The zero-order chi connectivity index (χ0) is 13.2. The number of aryl methyl sites for hydroxylation is 1. The van der Waals surface area contributed by atoms with Crippen LogP contribution in [0.5, 0.6) is 0 Å². The molecule has 0 aromatic carbocycles. The molecule has 0 bridgehead atoms. The van der Waals surface area contributed by atoms with Crippen LogP contribution in [0.15, 0.2) is 15.6 Å². The summed E-state index contributed by atoms with van der Waals surface area (Å²) in [6.07, 6.45) is 3.21. The van der Waals surface area contributed by atoms with E-state index >= 15 is 0 Å². The Hall–Kier alpha value is -1.52. The van der Waals surface area contributed by atoms with Crippen LogP contribution in [0.3, 0.4) is 0 Å². The van der Waals surface area contributed by atoms with Crippen molar-refractivity contribution in [1.82, 2.24) is 15.8 Å². The van der Waals surface area contributed by atoms with Crippen LogP contribution in [0, 0.1) is 0 Å². The van der Waals surface area contributed by atoms with Crippen LogP contribution in [0.4, 0.5) is 0 Å². The molecule has 0 unspecified atom stereocenters. The summed E-state index contributed by atoms with van der Waals surface area (Å²) in [5.74, 6) is 1.64. The average molecular weight is 252 g/mol. The Kier molecular flexibility index (Phi) is 6.91. The molecule has 0 atom stereocenters. The highest BCUT2D eigenvalue weighted by molar-refractivity contribution is 5.79. The molecule has 0 radical (unpaired) electrons. The molecule has 1 heterocycles. The van der Waals surface area contributed by atoms with E-state index in [0.29, 0.717) is 6.54 Å². The number of nitrogens with zero attached hydrogens (tertiary/aromatic N) is 2. The van der Waals surface area contributed by atoms with Gasteiger partial charge in [0, 0.05) is 19.2 Å². The van der Waals surface area contributed by atoms with Gasteiger partial charge in [-0.2, -0.15) is 0 Å². The molecule has 18 heavy (non-hydrogen) atoms. The van der Waals surface area contributed by atoms with E-state index in [-0.39, 0.29) is 0 Å². The van der Waals surface area contributed by atoms with Crippen LogP contribution in [-0.4, -0.2) is 24.2 Å². The van der Waals surface area contributed by atoms with Crippen molar-refractivity contribution in [2.75, 3.05) is 13.1 Å². The minimum atomic E-state index is 0.522. The molecule has 5 nitrogen and oxygen atoms in total. The SMILES string of the molecule is CCCCNC(=NCc1cc(CC)no1)NCC. The summed E-state index contributed by atoms with van der Waals surface area (Å²) in [4.78, 5) is 4.46. The number of rotatable bonds is 7. The quantitative estimate of drug-likeness (QED) is 0.443. The molecule has 0 amide bonds. The molecular formula is C13H24N4O. The number of nitrogens with one attached hydrogen (secondary N) is 2. The standard InChI is InChI=1S/C13H24N4O/c1-4-7-8-15-13(14-6-3)16-10-12-9-11(5-2)17-18-12/h9H,4-8,10H2,1-3H3,(H2,14,15,16). The maximum absolute atomic E-state index is 5.20. The Morgan fingerprint density at radius 3 is 2.78 bits per heavy atom. The van der Waals surface area contributed by atoms with Crippen molar-refractivity contribution < 1.29 is 4.52 Å². The zero-order valence-corrected chi connectivity index (χ0v) is 11.6. The van der Waals surface area contributed by atoms with Crippen molar-refractivity contribution in [1.29, 1.82) is 0 Å². The van der Waals surface area contributed by atoms with E-state index in [1.165, 1.54) is 6.42 Å². The maximum atomic E-state index is 5.20. The second-order valence-corrected chi connectivity index (χ2v) is 4.11. The Bertz CT molecular complexity index is 360. The van der Waals surface area contributed by atoms with E-state index in [1.54, 1.807) is 0 Å². The molecule has 0 fully saturated rings. The number of aliphatic imine (C=N–C) groups is 1. The van der Waals surface area contributed by atoms with E-state index in [1.807, 2.05) is 6.07 Å². The number of hydrogen-bond donors (Lipinski definition) is 2. The molecule has 0 saturated carbocycles. The summed E-state index contributed by atoms with van der Waals surface area (Å²) in [5.41, 5.74) is 0.976. The Morgan fingerprint density at radius 1 is 1.33 bits per heavy atom. The van der Waals surface area contributed by atoms with Crippen molar-refractivity contribution in [3.8, 4) is 0 Å². The number of guanidine groups is 1. The first-order valence-electron chi connectivity index (χ1n) is 6.76. The highest BCUT2D eigenvalue weighted by atomic mass is 16.5. The van der Waals surface area contributed by atoms with Gasteiger partial charge in [0.2, 0.25) is 0 Å². The molecule has 1 aromatic heterocycles. The van der Waals surface area contributed by atoms with E-state index in [4.69, 9.17) is 4.52 Å². The Labute approximate surface area is 109 Å². The number of aromatic nitrogens is 1. The molecule has 0 saturated heterocycles. The summed E-state index contributed by atoms with van der Waals surface area (Å²) >= 11 is 0. The first-order chi connectivity index (χ1) is 8.80. The van der Waals surface area contributed by atoms with Crippen LogP contribution in [0.2, 0.25) is 0 Å². The van der Waals surface area contributed by atoms with Crippen molar-refractivity contribution >= 4 is 5.96 Å². The lowest BCUT2D eigenvalue weighted by Crippen LogP contribution is -2.37. The van der Waals surface area contributed by atoms with Crippen molar-refractivity contribution in [3.05, 3.63) is 17.5 Å². The predicted octanol–water partition coefficient (Wildman–Crippen LogP) is 2.09. The van der Waals surface area contributed by atoms with Crippen molar-refractivity contribution in [2.24, 2.45) is 4.99 Å². The van der Waals surface area contributed by atoms with Gasteiger partial charge in [-0.25, -0.2) is 4.99 Å². The van der Waals surface area contributed by atoms with Gasteiger partial charge in [-0.3, -0.25) is 0 Å². The second kappa shape index (κ2) is 8.55. The van der Waals surface area contributed by atoms with Gasteiger partial charge in [0.25, 0.3) is 0 Å². The van der Waals surface area contributed by atoms with E-state index < -0.39 is 0 Å². The van der Waals surface area contributed by atoms with Gasteiger partial charge in [0.05, 0.1) is 5.69 Å². The molecular weight excluding hydrogens is 228 g/mol. The van der Waals surface area contributed by atoms with E-state index in [9.17, 15) is 0 Å². The number of hydrogen-bond acceptors (Lipinski definition) is 3. The molecule has 2 N–H and O–H groups in total. The van der Waals surface area contributed by atoms with Crippen LogP contribution in [0.1, 0.15) is 45.1 Å². The zero-order valence-electron chi connectivity index (χ0n) is 11.6. The van der Waals surface area contributed by atoms with Crippen molar-refractivity contribution in [3.63, 3.8) is 0 Å². The van der Waals surface area contributed by atoms with E-state index in [2.05, 4.69) is 41.6 Å². The molecule has 102 valence electrons. The van der Waals surface area contributed by atoms with Gasteiger partial charge >= 0.3 is 0 Å². The monoisotopic (exact) mass is 252 g/mol. The molecule has 1 aromatic rings. The smallest absolute Gasteiger partial charge is 0.191 e. The van der Waals surface area contributed by atoms with Gasteiger partial charge < -0.3 is 15.2 Å². The molecule has 0 aliphatic heterocycles. The van der Waals surface area contributed by atoms with Crippen LogP contribution >= 0.6 is 0 Å². The summed E-state index contributed by atoms with van der Waals surface area (Å²) in [6.45, 7) is 8.61.